The van der Waals surface area contributed by atoms with Gasteiger partial charge in [0.1, 0.15) is 5.69 Å². The molecule has 1 aromatic rings. The second-order valence-corrected chi connectivity index (χ2v) is 5.97. The van der Waals surface area contributed by atoms with Crippen LogP contribution in [0.25, 0.3) is 0 Å². The van der Waals surface area contributed by atoms with Gasteiger partial charge in [0, 0.05) is 0 Å². The van der Waals surface area contributed by atoms with Crippen LogP contribution in [0.5, 0.6) is 0 Å². The van der Waals surface area contributed by atoms with E-state index in [4.69, 9.17) is 5.73 Å². The molecule has 0 aliphatic rings. The Labute approximate surface area is 101 Å². The zero-order valence-electron chi connectivity index (χ0n) is 9.98. The molecule has 0 unspecified atom stereocenters. The monoisotopic (exact) mass is 253 g/mol. The molecule has 0 atom stereocenters. The normalized spacial score (nSPS) is 11.7. The molecule has 5 nitrogen and oxygen atoms in total. The SMILES string of the molecule is CC(C)(C#Cc1ccc(N)cn1)NS(C)(=O)=O. The number of aromatic nitrogens is 1. The van der Waals surface area contributed by atoms with Gasteiger partial charge in [-0.2, -0.15) is 4.72 Å². The largest absolute Gasteiger partial charge is 0.397 e. The molecule has 0 saturated carbocycles. The lowest BCUT2D eigenvalue weighted by Gasteiger charge is -2.17. The highest BCUT2D eigenvalue weighted by atomic mass is 32.2. The highest BCUT2D eigenvalue weighted by Crippen LogP contribution is 2.03. The lowest BCUT2D eigenvalue weighted by Crippen LogP contribution is -2.41. The molecular formula is C11H15N3O2S. The summed E-state index contributed by atoms with van der Waals surface area (Å²) in [6.45, 7) is 3.36. The standard InChI is InChI=1S/C11H15N3O2S/c1-11(2,14-17(3,15)16)7-6-10-5-4-9(12)8-13-10/h4-5,8,14H,12H2,1-3H3. The molecule has 0 fully saturated rings. The minimum absolute atomic E-state index is 0.544. The summed E-state index contributed by atoms with van der Waals surface area (Å²) in [7, 11) is -3.29. The van der Waals surface area contributed by atoms with E-state index in [0.29, 0.717) is 11.4 Å². The number of anilines is 1. The summed E-state index contributed by atoms with van der Waals surface area (Å²) in [6, 6.07) is 3.37. The highest BCUT2D eigenvalue weighted by molar-refractivity contribution is 7.88. The van der Waals surface area contributed by atoms with E-state index in [1.165, 1.54) is 6.20 Å². The van der Waals surface area contributed by atoms with Crippen molar-refractivity contribution in [2.45, 2.75) is 19.4 Å². The lowest BCUT2D eigenvalue weighted by atomic mass is 10.1. The fourth-order valence-corrected chi connectivity index (χ4v) is 2.17. The van der Waals surface area contributed by atoms with Crippen molar-refractivity contribution in [3.63, 3.8) is 0 Å². The van der Waals surface area contributed by atoms with Crippen LogP contribution in [0, 0.1) is 11.8 Å². The zero-order valence-corrected chi connectivity index (χ0v) is 10.8. The zero-order chi connectivity index (χ0) is 13.1. The first-order valence-corrected chi connectivity index (χ1v) is 6.81. The van der Waals surface area contributed by atoms with Gasteiger partial charge in [0.05, 0.1) is 23.7 Å². The number of nitrogens with two attached hydrogens (primary N) is 1. The minimum atomic E-state index is -3.29. The summed E-state index contributed by atoms with van der Waals surface area (Å²) >= 11 is 0. The van der Waals surface area contributed by atoms with Crippen LogP contribution in [0.3, 0.4) is 0 Å². The molecule has 0 amide bonds. The topological polar surface area (TPSA) is 85.1 Å². The maximum atomic E-state index is 11.1. The first kappa shape index (κ1) is 13.5. The number of sulfonamides is 1. The first-order valence-electron chi connectivity index (χ1n) is 4.92. The van der Waals surface area contributed by atoms with E-state index in [-0.39, 0.29) is 0 Å². The van der Waals surface area contributed by atoms with Crippen molar-refractivity contribution >= 4 is 15.7 Å². The quantitative estimate of drug-likeness (QED) is 0.744. The smallest absolute Gasteiger partial charge is 0.209 e. The van der Waals surface area contributed by atoms with Gasteiger partial charge in [-0.3, -0.25) is 0 Å². The summed E-state index contributed by atoms with van der Waals surface area (Å²) in [5, 5.41) is 0. The van der Waals surface area contributed by atoms with Crippen LogP contribution < -0.4 is 10.5 Å². The van der Waals surface area contributed by atoms with Crippen LogP contribution in [-0.4, -0.2) is 25.2 Å². The van der Waals surface area contributed by atoms with E-state index in [2.05, 4.69) is 21.5 Å². The number of pyridine rings is 1. The molecule has 0 saturated heterocycles. The Balaban J connectivity index is 2.88. The van der Waals surface area contributed by atoms with Crippen molar-refractivity contribution in [1.82, 2.24) is 9.71 Å². The van der Waals surface area contributed by atoms with Crippen LogP contribution in [0.4, 0.5) is 5.69 Å². The van der Waals surface area contributed by atoms with Crippen LogP contribution in [0.1, 0.15) is 19.5 Å². The van der Waals surface area contributed by atoms with Crippen LogP contribution >= 0.6 is 0 Å². The summed E-state index contributed by atoms with van der Waals surface area (Å²) in [6.07, 6.45) is 2.60. The number of rotatable bonds is 2. The Kier molecular flexibility index (Phi) is 3.76. The molecule has 1 aromatic heterocycles. The van der Waals surface area contributed by atoms with Crippen molar-refractivity contribution < 1.29 is 8.42 Å². The predicted molar refractivity (Wildman–Crippen MR) is 67.6 cm³/mol. The molecule has 0 bridgehead atoms. The Bertz CT molecular complexity index is 551. The van der Waals surface area contributed by atoms with Crippen molar-refractivity contribution in [2.24, 2.45) is 0 Å². The molecule has 17 heavy (non-hydrogen) atoms. The van der Waals surface area contributed by atoms with Gasteiger partial charge in [-0.05, 0) is 31.9 Å². The highest BCUT2D eigenvalue weighted by Gasteiger charge is 2.18. The summed E-state index contributed by atoms with van der Waals surface area (Å²) in [4.78, 5) is 4.00. The molecule has 6 heteroatoms. The maximum absolute atomic E-state index is 11.1. The van der Waals surface area contributed by atoms with E-state index >= 15 is 0 Å². The van der Waals surface area contributed by atoms with Crippen molar-refractivity contribution in [3.05, 3.63) is 24.0 Å². The van der Waals surface area contributed by atoms with E-state index in [1.807, 2.05) is 0 Å². The number of hydrogen-bond acceptors (Lipinski definition) is 4. The molecule has 1 rings (SSSR count). The average Bonchev–Trinajstić information content (AvgIpc) is 2.13. The Morgan fingerprint density at radius 2 is 2.06 bits per heavy atom. The molecular weight excluding hydrogens is 238 g/mol. The minimum Gasteiger partial charge on any atom is -0.397 e. The molecule has 92 valence electrons. The molecule has 0 aliphatic carbocycles. The van der Waals surface area contributed by atoms with Gasteiger partial charge in [-0.15, -0.1) is 0 Å². The Hall–Kier alpha value is -1.58. The molecule has 0 spiro atoms. The lowest BCUT2D eigenvalue weighted by molar-refractivity contribution is 0.544. The fourth-order valence-electron chi connectivity index (χ4n) is 1.19. The second kappa shape index (κ2) is 4.73. The van der Waals surface area contributed by atoms with E-state index in [1.54, 1.807) is 26.0 Å². The van der Waals surface area contributed by atoms with Gasteiger partial charge in [-0.1, -0.05) is 5.92 Å². The van der Waals surface area contributed by atoms with Gasteiger partial charge in [0.25, 0.3) is 0 Å². The fraction of sp³-hybridized carbons (Fsp3) is 0.364. The van der Waals surface area contributed by atoms with Gasteiger partial charge >= 0.3 is 0 Å². The molecule has 0 aliphatic heterocycles. The van der Waals surface area contributed by atoms with Crippen molar-refractivity contribution in [2.75, 3.05) is 12.0 Å². The summed E-state index contributed by atoms with van der Waals surface area (Å²) in [5.74, 6) is 5.60. The molecule has 3 N–H and O–H groups in total. The Morgan fingerprint density at radius 1 is 1.41 bits per heavy atom. The summed E-state index contributed by atoms with van der Waals surface area (Å²) in [5.41, 5.74) is 5.76. The average molecular weight is 253 g/mol. The van der Waals surface area contributed by atoms with Crippen LogP contribution in [-0.2, 0) is 10.0 Å². The second-order valence-electron chi connectivity index (χ2n) is 4.23. The molecule has 0 aromatic carbocycles. The van der Waals surface area contributed by atoms with E-state index in [0.717, 1.165) is 6.26 Å². The number of nitrogens with zero attached hydrogens (tertiary/aromatic N) is 1. The third-order valence-corrected chi connectivity index (χ3v) is 2.61. The third-order valence-electron chi connectivity index (χ3n) is 1.73. The predicted octanol–water partition coefficient (Wildman–Crippen LogP) is 0.343. The first-order chi connectivity index (χ1) is 7.68. The molecule has 0 radical (unpaired) electrons. The number of hydrogen-bond donors (Lipinski definition) is 2. The summed E-state index contributed by atoms with van der Waals surface area (Å²) < 4.78 is 24.6. The maximum Gasteiger partial charge on any atom is 0.209 e. The van der Waals surface area contributed by atoms with Crippen molar-refractivity contribution in [1.29, 1.82) is 0 Å². The van der Waals surface area contributed by atoms with Crippen molar-refractivity contribution in [3.8, 4) is 11.8 Å². The van der Waals surface area contributed by atoms with E-state index in [9.17, 15) is 8.42 Å². The van der Waals surface area contributed by atoms with Gasteiger partial charge in [0.15, 0.2) is 0 Å². The van der Waals surface area contributed by atoms with Gasteiger partial charge < -0.3 is 5.73 Å². The van der Waals surface area contributed by atoms with E-state index < -0.39 is 15.6 Å². The third kappa shape index (κ3) is 5.33. The number of nitrogen functional groups attached to an aromatic ring is 1. The number of nitrogens with one attached hydrogen (secondary N) is 1. The van der Waals surface area contributed by atoms with Gasteiger partial charge in [0.2, 0.25) is 10.0 Å². The Morgan fingerprint density at radius 3 is 2.53 bits per heavy atom. The molecule has 1 heterocycles. The van der Waals surface area contributed by atoms with Crippen LogP contribution in [0.2, 0.25) is 0 Å². The van der Waals surface area contributed by atoms with Gasteiger partial charge in [-0.25, -0.2) is 13.4 Å². The van der Waals surface area contributed by atoms with Crippen LogP contribution in [0.15, 0.2) is 18.3 Å².